The number of nitrogens with zero attached hydrogens (tertiary/aromatic N) is 3. The van der Waals surface area contributed by atoms with Crippen molar-refractivity contribution in [3.63, 3.8) is 0 Å². The van der Waals surface area contributed by atoms with Crippen LogP contribution in [0, 0.1) is 13.8 Å². The van der Waals surface area contributed by atoms with Gasteiger partial charge in [0.05, 0.1) is 18.4 Å². The maximum atomic E-state index is 6.22. The SMILES string of the molecule is Cc1noc(C)c1CN1C[C@@H](OCc2cccnc2)[C@H]2OCCC[C@H]21. The minimum atomic E-state index is 0.0889. The van der Waals surface area contributed by atoms with Crippen molar-refractivity contribution in [2.24, 2.45) is 0 Å². The van der Waals surface area contributed by atoms with Gasteiger partial charge < -0.3 is 14.0 Å². The van der Waals surface area contributed by atoms with E-state index in [-0.39, 0.29) is 12.2 Å². The van der Waals surface area contributed by atoms with Crippen molar-refractivity contribution in [2.75, 3.05) is 13.2 Å². The normalized spacial score (nSPS) is 26.7. The summed E-state index contributed by atoms with van der Waals surface area (Å²) in [5.41, 5.74) is 3.27. The van der Waals surface area contributed by atoms with Gasteiger partial charge >= 0.3 is 0 Å². The van der Waals surface area contributed by atoms with Crippen molar-refractivity contribution < 1.29 is 14.0 Å². The van der Waals surface area contributed by atoms with Crippen LogP contribution in [0.5, 0.6) is 0 Å². The minimum absolute atomic E-state index is 0.0889. The molecule has 0 radical (unpaired) electrons. The maximum absolute atomic E-state index is 6.22. The Morgan fingerprint density at radius 1 is 1.36 bits per heavy atom. The average molecular weight is 343 g/mol. The number of rotatable bonds is 5. The molecule has 0 aliphatic carbocycles. The lowest BCUT2D eigenvalue weighted by molar-refractivity contribution is -0.0819. The van der Waals surface area contributed by atoms with Gasteiger partial charge in [0, 0.05) is 43.7 Å². The quantitative estimate of drug-likeness (QED) is 0.832. The Morgan fingerprint density at radius 2 is 2.28 bits per heavy atom. The van der Waals surface area contributed by atoms with Crippen molar-refractivity contribution in [3.05, 3.63) is 47.1 Å². The van der Waals surface area contributed by atoms with Crippen LogP contribution in [0.25, 0.3) is 0 Å². The number of aromatic nitrogens is 2. The summed E-state index contributed by atoms with van der Waals surface area (Å²) in [6, 6.07) is 4.39. The van der Waals surface area contributed by atoms with Crippen molar-refractivity contribution in [3.8, 4) is 0 Å². The number of pyridine rings is 1. The number of fused-ring (bicyclic) bond motifs is 1. The topological polar surface area (TPSA) is 60.6 Å². The second-order valence-corrected chi connectivity index (χ2v) is 6.99. The first kappa shape index (κ1) is 16.7. The van der Waals surface area contributed by atoms with E-state index in [4.69, 9.17) is 14.0 Å². The molecule has 0 bridgehead atoms. The van der Waals surface area contributed by atoms with Crippen LogP contribution in [0.4, 0.5) is 0 Å². The first-order valence-corrected chi connectivity index (χ1v) is 9.00. The average Bonchev–Trinajstić information content (AvgIpc) is 3.16. The Labute approximate surface area is 148 Å². The van der Waals surface area contributed by atoms with Gasteiger partial charge in [-0.1, -0.05) is 11.2 Å². The zero-order valence-electron chi connectivity index (χ0n) is 14.9. The first-order chi connectivity index (χ1) is 12.2. The lowest BCUT2D eigenvalue weighted by Gasteiger charge is -2.32. The molecular weight excluding hydrogens is 318 g/mol. The summed E-state index contributed by atoms with van der Waals surface area (Å²) in [6.07, 6.45) is 6.13. The van der Waals surface area contributed by atoms with Crippen LogP contribution in [-0.2, 0) is 22.6 Å². The molecule has 3 atom stereocenters. The zero-order chi connectivity index (χ0) is 17.2. The predicted molar refractivity (Wildman–Crippen MR) is 92.0 cm³/mol. The van der Waals surface area contributed by atoms with Crippen LogP contribution in [0.3, 0.4) is 0 Å². The number of ether oxygens (including phenoxy) is 2. The van der Waals surface area contributed by atoms with Gasteiger partial charge in [-0.3, -0.25) is 9.88 Å². The molecule has 2 saturated heterocycles. The number of aryl methyl sites for hydroxylation is 2. The smallest absolute Gasteiger partial charge is 0.138 e. The van der Waals surface area contributed by atoms with Crippen LogP contribution in [0.2, 0.25) is 0 Å². The third-order valence-corrected chi connectivity index (χ3v) is 5.31. The molecule has 0 unspecified atom stereocenters. The van der Waals surface area contributed by atoms with Gasteiger partial charge in [0.25, 0.3) is 0 Å². The molecule has 0 aromatic carbocycles. The molecule has 2 aliphatic rings. The Morgan fingerprint density at radius 3 is 3.04 bits per heavy atom. The molecule has 4 rings (SSSR count). The standard InChI is InChI=1S/C19H25N3O3/c1-13-16(14(2)25-21-13)10-22-11-18(19-17(22)6-4-8-23-19)24-12-15-5-3-7-20-9-15/h3,5,7,9,17-19H,4,6,8,10-12H2,1-2H3/t17-,18-,19+/m1/s1. The number of hydrogen-bond donors (Lipinski definition) is 0. The van der Waals surface area contributed by atoms with Crippen LogP contribution in [-0.4, -0.2) is 46.4 Å². The summed E-state index contributed by atoms with van der Waals surface area (Å²) < 4.78 is 17.6. The molecule has 6 heteroatoms. The molecule has 0 amide bonds. The Balaban J connectivity index is 1.46. The third kappa shape index (κ3) is 3.47. The molecule has 2 aromatic heterocycles. The second kappa shape index (κ2) is 7.23. The third-order valence-electron chi connectivity index (χ3n) is 5.31. The lowest BCUT2D eigenvalue weighted by Crippen LogP contribution is -2.41. The van der Waals surface area contributed by atoms with Crippen LogP contribution in [0.15, 0.2) is 29.0 Å². The van der Waals surface area contributed by atoms with Gasteiger partial charge in [-0.15, -0.1) is 0 Å². The van der Waals surface area contributed by atoms with E-state index in [1.807, 2.05) is 32.2 Å². The summed E-state index contributed by atoms with van der Waals surface area (Å²) in [5.74, 6) is 0.908. The molecule has 2 aliphatic heterocycles. The highest BCUT2D eigenvalue weighted by Crippen LogP contribution is 2.33. The molecule has 2 fully saturated rings. The van der Waals surface area contributed by atoms with Gasteiger partial charge in [0.15, 0.2) is 0 Å². The van der Waals surface area contributed by atoms with Crippen LogP contribution >= 0.6 is 0 Å². The fourth-order valence-corrected chi connectivity index (χ4v) is 3.95. The van der Waals surface area contributed by atoms with Gasteiger partial charge in [-0.05, 0) is 38.3 Å². The van der Waals surface area contributed by atoms with Gasteiger partial charge in [-0.25, -0.2) is 0 Å². The van der Waals surface area contributed by atoms with Crippen LogP contribution < -0.4 is 0 Å². The lowest BCUT2D eigenvalue weighted by atomic mass is 10.0. The first-order valence-electron chi connectivity index (χ1n) is 9.00. The second-order valence-electron chi connectivity index (χ2n) is 6.99. The van der Waals surface area contributed by atoms with Crippen molar-refractivity contribution in [1.82, 2.24) is 15.0 Å². The predicted octanol–water partition coefficient (Wildman–Crippen LogP) is 2.64. The highest BCUT2D eigenvalue weighted by molar-refractivity contribution is 5.21. The molecule has 134 valence electrons. The van der Waals surface area contributed by atoms with E-state index >= 15 is 0 Å². The highest BCUT2D eigenvalue weighted by atomic mass is 16.5. The van der Waals surface area contributed by atoms with E-state index in [0.29, 0.717) is 12.6 Å². The van der Waals surface area contributed by atoms with Crippen molar-refractivity contribution >= 4 is 0 Å². The summed E-state index contributed by atoms with van der Waals surface area (Å²) in [7, 11) is 0. The number of likely N-dealkylation sites (tertiary alicyclic amines) is 1. The van der Waals surface area contributed by atoms with Gasteiger partial charge in [0.2, 0.25) is 0 Å². The summed E-state index contributed by atoms with van der Waals surface area (Å²) in [4.78, 5) is 6.63. The molecule has 0 N–H and O–H groups in total. The molecule has 4 heterocycles. The van der Waals surface area contributed by atoms with Crippen molar-refractivity contribution in [1.29, 1.82) is 0 Å². The van der Waals surface area contributed by atoms with E-state index in [1.54, 1.807) is 6.20 Å². The van der Waals surface area contributed by atoms with E-state index in [2.05, 4.69) is 15.0 Å². The Kier molecular flexibility index (Phi) is 4.83. The van der Waals surface area contributed by atoms with Gasteiger partial charge in [-0.2, -0.15) is 0 Å². The maximum Gasteiger partial charge on any atom is 0.138 e. The molecule has 25 heavy (non-hydrogen) atoms. The largest absolute Gasteiger partial charge is 0.374 e. The van der Waals surface area contributed by atoms with Crippen LogP contribution in [0.1, 0.15) is 35.4 Å². The molecule has 0 spiro atoms. The Bertz CT molecular complexity index is 684. The van der Waals surface area contributed by atoms with E-state index in [1.165, 1.54) is 5.56 Å². The summed E-state index contributed by atoms with van der Waals surface area (Å²) in [5, 5.41) is 4.09. The molecule has 6 nitrogen and oxygen atoms in total. The summed E-state index contributed by atoms with van der Waals surface area (Å²) in [6.45, 7) is 7.11. The Hall–Kier alpha value is -1.76. The fraction of sp³-hybridized carbons (Fsp3) is 0.579. The molecular formula is C19H25N3O3. The van der Waals surface area contributed by atoms with E-state index < -0.39 is 0 Å². The fourth-order valence-electron chi connectivity index (χ4n) is 3.95. The monoisotopic (exact) mass is 343 g/mol. The summed E-state index contributed by atoms with van der Waals surface area (Å²) >= 11 is 0. The molecule has 0 saturated carbocycles. The van der Waals surface area contributed by atoms with Gasteiger partial charge in [0.1, 0.15) is 11.9 Å². The molecule has 2 aromatic rings. The number of hydrogen-bond acceptors (Lipinski definition) is 6. The van der Waals surface area contributed by atoms with E-state index in [9.17, 15) is 0 Å². The highest BCUT2D eigenvalue weighted by Gasteiger charge is 2.44. The van der Waals surface area contributed by atoms with Crippen molar-refractivity contribution in [2.45, 2.75) is 58.1 Å². The zero-order valence-corrected chi connectivity index (χ0v) is 14.9. The van der Waals surface area contributed by atoms with E-state index in [0.717, 1.165) is 49.6 Å². The minimum Gasteiger partial charge on any atom is -0.374 e.